The molecule has 0 unspecified atom stereocenters. The number of aliphatic imine (C=N–C) groups is 1. The van der Waals surface area contributed by atoms with Crippen molar-refractivity contribution in [3.63, 3.8) is 0 Å². The van der Waals surface area contributed by atoms with Crippen LogP contribution in [0.5, 0.6) is 0 Å². The third-order valence-corrected chi connectivity index (χ3v) is 5.10. The van der Waals surface area contributed by atoms with Crippen LogP contribution in [-0.4, -0.2) is 60.2 Å². The summed E-state index contributed by atoms with van der Waals surface area (Å²) in [6, 6.07) is 6.91. The van der Waals surface area contributed by atoms with Crippen molar-refractivity contribution >= 4 is 12.1 Å². The number of benzene rings is 1. The Morgan fingerprint density at radius 1 is 1.19 bits per heavy atom. The molecule has 0 radical (unpaired) electrons. The van der Waals surface area contributed by atoms with Crippen molar-refractivity contribution in [1.82, 2.24) is 9.80 Å². The molecule has 1 saturated carbocycles. The third-order valence-electron chi connectivity index (χ3n) is 5.10. The van der Waals surface area contributed by atoms with Crippen LogP contribution >= 0.6 is 0 Å². The highest BCUT2D eigenvalue weighted by Gasteiger charge is 2.45. The lowest BCUT2D eigenvalue weighted by Gasteiger charge is -2.36. The molecule has 1 aliphatic heterocycles. The van der Waals surface area contributed by atoms with E-state index in [0.717, 1.165) is 18.4 Å². The summed E-state index contributed by atoms with van der Waals surface area (Å²) in [4.78, 5) is 20.3. The van der Waals surface area contributed by atoms with E-state index in [1.54, 1.807) is 11.0 Å². The maximum atomic E-state index is 14.1. The second-order valence-corrected chi connectivity index (χ2v) is 8.39. The minimum absolute atomic E-state index is 0.172. The van der Waals surface area contributed by atoms with Gasteiger partial charge >= 0.3 is 6.09 Å². The van der Waals surface area contributed by atoms with Gasteiger partial charge in [0.25, 0.3) is 0 Å². The molecule has 0 atom stereocenters. The summed E-state index contributed by atoms with van der Waals surface area (Å²) in [5.74, 6) is 0.288. The largest absolute Gasteiger partial charge is 0.444 e. The lowest BCUT2D eigenvalue weighted by Crippen LogP contribution is -2.53. The van der Waals surface area contributed by atoms with Gasteiger partial charge in [-0.3, -0.25) is 4.99 Å². The highest BCUT2D eigenvalue weighted by Crippen LogP contribution is 2.49. The first-order valence-corrected chi connectivity index (χ1v) is 9.48. The van der Waals surface area contributed by atoms with Crippen molar-refractivity contribution in [2.45, 2.75) is 44.6 Å². The zero-order valence-corrected chi connectivity index (χ0v) is 16.4. The van der Waals surface area contributed by atoms with Gasteiger partial charge in [-0.1, -0.05) is 18.2 Å². The van der Waals surface area contributed by atoms with Gasteiger partial charge in [-0.05, 0) is 45.2 Å². The standard InChI is InChI=1S/C20H29FN4O2/c1-19(2,3)27-18(26)25-12-10-24(11-13-25)17(22)23-14-20(8-9-20)15-6-4-5-7-16(15)21/h4-7H,8-14H2,1-3H3,(H2,22,23). The lowest BCUT2D eigenvalue weighted by atomic mass is 9.95. The lowest BCUT2D eigenvalue weighted by molar-refractivity contribution is 0.0186. The summed E-state index contributed by atoms with van der Waals surface area (Å²) in [7, 11) is 0. The van der Waals surface area contributed by atoms with Crippen LogP contribution in [0.15, 0.2) is 29.3 Å². The number of hydrogen-bond acceptors (Lipinski definition) is 3. The van der Waals surface area contributed by atoms with E-state index < -0.39 is 5.60 Å². The summed E-state index contributed by atoms with van der Waals surface area (Å²) in [5.41, 5.74) is 6.19. The molecule has 1 aromatic carbocycles. The van der Waals surface area contributed by atoms with E-state index >= 15 is 0 Å². The van der Waals surface area contributed by atoms with Crippen molar-refractivity contribution in [3.8, 4) is 0 Å². The van der Waals surface area contributed by atoms with E-state index in [2.05, 4.69) is 4.99 Å². The number of carbonyl (C=O) groups excluding carboxylic acids is 1. The van der Waals surface area contributed by atoms with Gasteiger partial charge in [-0.15, -0.1) is 0 Å². The van der Waals surface area contributed by atoms with Crippen LogP contribution in [0, 0.1) is 5.82 Å². The molecule has 27 heavy (non-hydrogen) atoms. The number of halogens is 1. The van der Waals surface area contributed by atoms with E-state index in [4.69, 9.17) is 10.5 Å². The van der Waals surface area contributed by atoms with Crippen molar-refractivity contribution in [2.24, 2.45) is 10.7 Å². The number of nitrogens with zero attached hydrogens (tertiary/aromatic N) is 3. The number of nitrogens with two attached hydrogens (primary N) is 1. The molecule has 1 saturated heterocycles. The minimum Gasteiger partial charge on any atom is -0.444 e. The average Bonchev–Trinajstić information content (AvgIpc) is 3.40. The molecule has 0 spiro atoms. The Kier molecular flexibility index (Phi) is 5.31. The molecule has 1 heterocycles. The fourth-order valence-corrected chi connectivity index (χ4v) is 3.33. The van der Waals surface area contributed by atoms with Crippen molar-refractivity contribution in [3.05, 3.63) is 35.6 Å². The third kappa shape index (κ3) is 4.70. The first kappa shape index (κ1) is 19.5. The van der Waals surface area contributed by atoms with Gasteiger partial charge in [0.15, 0.2) is 5.96 Å². The van der Waals surface area contributed by atoms with Crippen molar-refractivity contribution in [1.29, 1.82) is 0 Å². The zero-order chi connectivity index (χ0) is 19.7. The molecule has 1 aliphatic carbocycles. The highest BCUT2D eigenvalue weighted by molar-refractivity contribution is 5.78. The zero-order valence-electron chi connectivity index (χ0n) is 16.4. The summed E-state index contributed by atoms with van der Waals surface area (Å²) in [6.07, 6.45) is 1.56. The van der Waals surface area contributed by atoms with Crippen LogP contribution < -0.4 is 5.73 Å². The number of hydrogen-bond donors (Lipinski definition) is 1. The van der Waals surface area contributed by atoms with E-state index in [9.17, 15) is 9.18 Å². The summed E-state index contributed by atoms with van der Waals surface area (Å²) in [6.45, 7) is 8.38. The molecule has 0 bridgehead atoms. The summed E-state index contributed by atoms with van der Waals surface area (Å²) in [5, 5.41) is 0. The molecule has 0 aromatic heterocycles. The summed E-state index contributed by atoms with van der Waals surface area (Å²) < 4.78 is 19.5. The molecule has 1 amide bonds. The number of rotatable bonds is 3. The second-order valence-electron chi connectivity index (χ2n) is 8.39. The normalized spacial score (nSPS) is 19.8. The average molecular weight is 376 g/mol. The molecule has 6 nitrogen and oxygen atoms in total. The quantitative estimate of drug-likeness (QED) is 0.650. The van der Waals surface area contributed by atoms with Crippen molar-refractivity contribution < 1.29 is 13.9 Å². The first-order chi connectivity index (χ1) is 12.7. The van der Waals surface area contributed by atoms with Gasteiger partial charge < -0.3 is 20.3 Å². The molecular weight excluding hydrogens is 347 g/mol. The maximum Gasteiger partial charge on any atom is 0.410 e. The molecule has 3 rings (SSSR count). The Morgan fingerprint density at radius 2 is 1.78 bits per heavy atom. The Balaban J connectivity index is 1.55. The van der Waals surface area contributed by atoms with Crippen LogP contribution in [0.4, 0.5) is 9.18 Å². The first-order valence-electron chi connectivity index (χ1n) is 9.48. The van der Waals surface area contributed by atoms with Gasteiger partial charge in [0, 0.05) is 31.6 Å². The Bertz CT molecular complexity index is 717. The van der Waals surface area contributed by atoms with E-state index in [0.29, 0.717) is 38.7 Å². The minimum atomic E-state index is -0.500. The number of carbonyl (C=O) groups is 1. The monoisotopic (exact) mass is 376 g/mol. The van der Waals surface area contributed by atoms with E-state index in [-0.39, 0.29) is 17.3 Å². The van der Waals surface area contributed by atoms with E-state index in [1.165, 1.54) is 6.07 Å². The van der Waals surface area contributed by atoms with Gasteiger partial charge in [-0.25, -0.2) is 9.18 Å². The van der Waals surface area contributed by atoms with Crippen LogP contribution in [0.25, 0.3) is 0 Å². The second kappa shape index (κ2) is 7.37. The molecular formula is C20H29FN4O2. The SMILES string of the molecule is CC(C)(C)OC(=O)N1CCN(C(N)=NCC2(c3ccccc3F)CC2)CC1. The molecule has 1 aromatic rings. The fourth-order valence-electron chi connectivity index (χ4n) is 3.33. The maximum absolute atomic E-state index is 14.1. The van der Waals surface area contributed by atoms with Crippen molar-refractivity contribution in [2.75, 3.05) is 32.7 Å². The predicted molar refractivity (Wildman–Crippen MR) is 103 cm³/mol. The molecule has 2 aliphatic rings. The Hall–Kier alpha value is -2.31. The molecule has 2 N–H and O–H groups in total. The van der Waals surface area contributed by atoms with Gasteiger partial charge in [0.2, 0.25) is 0 Å². The van der Waals surface area contributed by atoms with Crippen LogP contribution in [0.2, 0.25) is 0 Å². The van der Waals surface area contributed by atoms with Gasteiger partial charge in [-0.2, -0.15) is 0 Å². The number of amides is 1. The number of ether oxygens (including phenoxy) is 1. The van der Waals surface area contributed by atoms with Gasteiger partial charge in [0.1, 0.15) is 11.4 Å². The van der Waals surface area contributed by atoms with Crippen LogP contribution in [0.1, 0.15) is 39.2 Å². The Labute approximate surface area is 160 Å². The predicted octanol–water partition coefficient (Wildman–Crippen LogP) is 2.72. The fraction of sp³-hybridized carbons (Fsp3) is 0.600. The topological polar surface area (TPSA) is 71.2 Å². The highest BCUT2D eigenvalue weighted by atomic mass is 19.1. The van der Waals surface area contributed by atoms with Crippen LogP contribution in [0.3, 0.4) is 0 Å². The van der Waals surface area contributed by atoms with E-state index in [1.807, 2.05) is 37.8 Å². The van der Waals surface area contributed by atoms with Gasteiger partial charge in [0.05, 0.1) is 6.54 Å². The Morgan fingerprint density at radius 3 is 2.33 bits per heavy atom. The smallest absolute Gasteiger partial charge is 0.410 e. The number of guanidine groups is 1. The van der Waals surface area contributed by atoms with Crippen LogP contribution in [-0.2, 0) is 10.2 Å². The summed E-state index contributed by atoms with van der Waals surface area (Å²) >= 11 is 0. The molecule has 2 fully saturated rings. The molecule has 148 valence electrons. The molecule has 7 heteroatoms. The number of piperazine rings is 1.